The van der Waals surface area contributed by atoms with Crippen molar-refractivity contribution < 1.29 is 43.2 Å². The topological polar surface area (TPSA) is 129 Å². The van der Waals surface area contributed by atoms with Crippen molar-refractivity contribution in [3.63, 3.8) is 0 Å². The van der Waals surface area contributed by atoms with Gasteiger partial charge in [-0.1, -0.05) is 19.1 Å². The lowest BCUT2D eigenvalue weighted by atomic mass is 9.53. The van der Waals surface area contributed by atoms with Crippen LogP contribution >= 0.6 is 0 Å². The number of allylic oxidation sites excluding steroid dienone is 1. The van der Waals surface area contributed by atoms with Gasteiger partial charge in [-0.2, -0.15) is 0 Å². The van der Waals surface area contributed by atoms with Gasteiger partial charge in [-0.15, -0.1) is 13.2 Å². The number of carbonyl (C=O) groups is 4. The van der Waals surface area contributed by atoms with E-state index in [0.29, 0.717) is 43.5 Å². The monoisotopic (exact) mass is 555 g/mol. The van der Waals surface area contributed by atoms with E-state index in [1.165, 1.54) is 20.2 Å². The normalized spacial score (nSPS) is 34.0. The quantitative estimate of drug-likeness (QED) is 0.141. The average Bonchev–Trinajstić information content (AvgIpc) is 3.20. The van der Waals surface area contributed by atoms with Crippen LogP contribution < -0.4 is 0 Å². The fourth-order valence-electron chi connectivity index (χ4n) is 7.24. The molecule has 6 atom stereocenters. The van der Waals surface area contributed by atoms with Gasteiger partial charge < -0.3 is 29.0 Å². The molecule has 0 aromatic carbocycles. The van der Waals surface area contributed by atoms with E-state index in [9.17, 15) is 24.3 Å². The van der Waals surface area contributed by atoms with E-state index in [-0.39, 0.29) is 24.2 Å². The Hall–Kier alpha value is -3.66. The lowest BCUT2D eigenvalue weighted by molar-refractivity contribution is -0.161. The van der Waals surface area contributed by atoms with Crippen molar-refractivity contribution in [2.45, 2.75) is 58.3 Å². The third kappa shape index (κ3) is 4.48. The van der Waals surface area contributed by atoms with Crippen molar-refractivity contribution >= 4 is 24.2 Å². The summed E-state index contributed by atoms with van der Waals surface area (Å²) < 4.78 is 22.7. The number of rotatable bonds is 10. The summed E-state index contributed by atoms with van der Waals surface area (Å²) in [6, 6.07) is 0. The first-order chi connectivity index (χ1) is 19.0. The van der Waals surface area contributed by atoms with E-state index in [0.717, 1.165) is 0 Å². The molecular weight excluding hydrogens is 518 g/mol. The maximum Gasteiger partial charge on any atom is 0.340 e. The van der Waals surface area contributed by atoms with Gasteiger partial charge in [0.15, 0.2) is 5.76 Å². The number of carbonyl (C=O) groups excluding carboxylic acids is 4. The van der Waals surface area contributed by atoms with Crippen LogP contribution in [-0.4, -0.2) is 79.3 Å². The number of Topliss-reactive ketones (excluding diaryl/α,β-unsaturated/α-hetero) is 1. The molecular formula is C30H37NO9. The Kier molecular flexibility index (Phi) is 8.12. The largest absolute Gasteiger partial charge is 0.504 e. The number of aliphatic hydroxyl groups excluding tert-OH is 1. The minimum atomic E-state index is -1.28. The maximum atomic E-state index is 14.1. The van der Waals surface area contributed by atoms with E-state index in [2.05, 4.69) is 13.2 Å². The molecule has 2 fully saturated rings. The molecule has 0 bridgehead atoms. The van der Waals surface area contributed by atoms with E-state index in [1.807, 2.05) is 6.92 Å². The van der Waals surface area contributed by atoms with Gasteiger partial charge in [0.05, 0.1) is 17.6 Å². The molecule has 0 aromatic heterocycles. The summed E-state index contributed by atoms with van der Waals surface area (Å²) >= 11 is 0. The lowest BCUT2D eigenvalue weighted by Crippen LogP contribution is -2.57. The van der Waals surface area contributed by atoms with Gasteiger partial charge in [0.1, 0.15) is 18.3 Å². The summed E-state index contributed by atoms with van der Waals surface area (Å²) in [5.41, 5.74) is -1.09. The lowest BCUT2D eigenvalue weighted by Gasteiger charge is -2.54. The molecule has 0 radical (unpaired) electrons. The van der Waals surface area contributed by atoms with Crippen LogP contribution in [0.2, 0.25) is 0 Å². The Morgan fingerprint density at radius 2 is 1.88 bits per heavy atom. The number of ketones is 1. The summed E-state index contributed by atoms with van der Waals surface area (Å²) in [5, 5.41) is 11.6. The molecule has 1 unspecified atom stereocenters. The Balaban J connectivity index is 2.00. The molecule has 1 saturated heterocycles. The Labute approximate surface area is 234 Å². The Morgan fingerprint density at radius 1 is 1.20 bits per heavy atom. The number of nitrogens with zero attached hydrogens (tertiary/aromatic N) is 1. The van der Waals surface area contributed by atoms with Crippen LogP contribution in [0.1, 0.15) is 40.0 Å². The second kappa shape index (κ2) is 11.1. The van der Waals surface area contributed by atoms with Gasteiger partial charge >= 0.3 is 11.9 Å². The minimum Gasteiger partial charge on any atom is -0.504 e. The first-order valence-electron chi connectivity index (χ1n) is 13.4. The zero-order valence-electron chi connectivity index (χ0n) is 23.4. The molecule has 1 aliphatic heterocycles. The standard InChI is InChI=1S/C30H37NO9/c1-7-11-31(12-8-2)14-18-24-27(35)26(34)23-19-9-10-21(38-16-32)29(19,4)13-20(39-17(3)33)25(23)30(24,5)22(15-37-6)40-28(18)36/h7-8,14,16,19-22,35H,1-2,9-13,15H2,3-6H3/b18-14+/t19?,20-,21+,22-,29+,30+/m1/s1. The number of hydrogen-bond donors (Lipinski definition) is 1. The number of methoxy groups -OCH3 is 1. The first kappa shape index (κ1) is 29.3. The highest BCUT2D eigenvalue weighted by atomic mass is 16.6. The fourth-order valence-corrected chi connectivity index (χ4v) is 7.24. The molecule has 10 nitrogen and oxygen atoms in total. The highest BCUT2D eigenvalue weighted by Gasteiger charge is 2.65. The molecule has 0 aromatic rings. The van der Waals surface area contributed by atoms with Gasteiger partial charge in [-0.3, -0.25) is 14.4 Å². The van der Waals surface area contributed by atoms with Crippen LogP contribution in [0.25, 0.3) is 0 Å². The van der Waals surface area contributed by atoms with E-state index < -0.39 is 58.5 Å². The van der Waals surface area contributed by atoms with Crippen molar-refractivity contribution in [3.8, 4) is 0 Å². The molecule has 0 spiro atoms. The van der Waals surface area contributed by atoms with Crippen LogP contribution in [0.15, 0.2) is 59.6 Å². The van der Waals surface area contributed by atoms with E-state index in [1.54, 1.807) is 24.0 Å². The number of esters is 2. The summed E-state index contributed by atoms with van der Waals surface area (Å²) in [6.45, 7) is 13.6. The zero-order valence-corrected chi connectivity index (χ0v) is 23.4. The third-order valence-electron chi connectivity index (χ3n) is 8.88. The van der Waals surface area contributed by atoms with Gasteiger partial charge in [-0.05, 0) is 37.7 Å². The van der Waals surface area contributed by atoms with Crippen molar-refractivity contribution in [3.05, 3.63) is 59.6 Å². The molecule has 1 N–H and O–H groups in total. The van der Waals surface area contributed by atoms with Gasteiger partial charge in [0.2, 0.25) is 5.78 Å². The van der Waals surface area contributed by atoms with Crippen LogP contribution in [0.5, 0.6) is 0 Å². The Bertz CT molecular complexity index is 1220. The summed E-state index contributed by atoms with van der Waals surface area (Å²) in [4.78, 5) is 53.0. The molecule has 10 heteroatoms. The summed E-state index contributed by atoms with van der Waals surface area (Å²) in [5.74, 6) is -2.87. The first-order valence-corrected chi connectivity index (χ1v) is 13.4. The predicted octanol–water partition coefficient (Wildman–Crippen LogP) is 3.11. The molecule has 4 rings (SSSR count). The third-order valence-corrected chi connectivity index (χ3v) is 8.88. The highest BCUT2D eigenvalue weighted by molar-refractivity contribution is 6.13. The summed E-state index contributed by atoms with van der Waals surface area (Å²) in [7, 11) is 1.46. The summed E-state index contributed by atoms with van der Waals surface area (Å²) in [6.07, 6.45) is 3.80. The van der Waals surface area contributed by atoms with Crippen LogP contribution in [0.4, 0.5) is 0 Å². The maximum absolute atomic E-state index is 14.1. The fraction of sp³-hybridized carbons (Fsp3) is 0.533. The molecule has 0 amide bonds. The average molecular weight is 556 g/mol. The van der Waals surface area contributed by atoms with E-state index >= 15 is 0 Å². The molecule has 4 aliphatic rings. The number of fused-ring (bicyclic) bond motifs is 4. The van der Waals surface area contributed by atoms with Gasteiger partial charge in [-0.25, -0.2) is 4.79 Å². The minimum absolute atomic E-state index is 0.0134. The molecule has 40 heavy (non-hydrogen) atoms. The van der Waals surface area contributed by atoms with Crippen LogP contribution in [-0.2, 0) is 38.1 Å². The molecule has 3 aliphatic carbocycles. The smallest absolute Gasteiger partial charge is 0.340 e. The predicted molar refractivity (Wildman–Crippen MR) is 144 cm³/mol. The second-order valence-electron chi connectivity index (χ2n) is 11.2. The van der Waals surface area contributed by atoms with E-state index in [4.69, 9.17) is 18.9 Å². The molecule has 216 valence electrons. The SMILES string of the molecule is C=CCN(/C=C1/C(=O)O[C@H](COC)[C@@]2(C)C1=C(O)C(=O)C1=C2[C@H](OC(C)=O)C[C@@]2(C)C1CC[C@@H]2OC=O)CC=C. The molecule has 1 saturated carbocycles. The van der Waals surface area contributed by atoms with Gasteiger partial charge in [0, 0.05) is 49.9 Å². The van der Waals surface area contributed by atoms with Crippen molar-refractivity contribution in [1.29, 1.82) is 0 Å². The van der Waals surface area contributed by atoms with Crippen LogP contribution in [0.3, 0.4) is 0 Å². The zero-order chi connectivity index (χ0) is 29.4. The Morgan fingerprint density at radius 3 is 2.45 bits per heavy atom. The number of ether oxygens (including phenoxy) is 4. The number of aliphatic hydroxyl groups is 1. The van der Waals surface area contributed by atoms with Crippen molar-refractivity contribution in [2.75, 3.05) is 26.8 Å². The second-order valence-corrected chi connectivity index (χ2v) is 11.2. The van der Waals surface area contributed by atoms with Crippen molar-refractivity contribution in [1.82, 2.24) is 4.90 Å². The highest BCUT2D eigenvalue weighted by Crippen LogP contribution is 2.63. The van der Waals surface area contributed by atoms with Crippen LogP contribution in [0, 0.1) is 16.7 Å². The van der Waals surface area contributed by atoms with Gasteiger partial charge in [0.25, 0.3) is 6.47 Å². The number of cyclic esters (lactones) is 1. The number of hydrogen-bond acceptors (Lipinski definition) is 10. The van der Waals surface area contributed by atoms with Crippen molar-refractivity contribution in [2.24, 2.45) is 16.7 Å². The molecule has 1 heterocycles.